The van der Waals surface area contributed by atoms with Gasteiger partial charge in [0.15, 0.2) is 18.1 Å². The lowest BCUT2D eigenvalue weighted by Gasteiger charge is -2.12. The first kappa shape index (κ1) is 24.2. The first-order valence-corrected chi connectivity index (χ1v) is 11.5. The van der Waals surface area contributed by atoms with Gasteiger partial charge in [-0.3, -0.25) is 4.79 Å². The van der Waals surface area contributed by atoms with Gasteiger partial charge in [-0.05, 0) is 26.0 Å². The van der Waals surface area contributed by atoms with Crippen LogP contribution in [0.1, 0.15) is 21.3 Å². The number of hydrogen-bond donors (Lipinski definition) is 0. The van der Waals surface area contributed by atoms with Crippen molar-refractivity contribution < 1.29 is 28.2 Å². The fraction of sp³-hybridized carbons (Fsp3) is 0.280. The van der Waals surface area contributed by atoms with E-state index in [1.54, 1.807) is 12.1 Å². The lowest BCUT2D eigenvalue weighted by atomic mass is 10.1. The van der Waals surface area contributed by atoms with E-state index in [2.05, 4.69) is 15.2 Å². The largest absolute Gasteiger partial charge is 0.493 e. The molecule has 0 unspecified atom stereocenters. The first-order valence-electron chi connectivity index (χ1n) is 10.7. The second-order valence-electron chi connectivity index (χ2n) is 7.62. The molecule has 0 bridgehead atoms. The summed E-state index contributed by atoms with van der Waals surface area (Å²) in [6.45, 7) is 3.80. The molecule has 0 saturated heterocycles. The molecule has 2 heterocycles. The third-order valence-electron chi connectivity index (χ3n) is 5.17. The number of hydrogen-bond acceptors (Lipinski definition) is 10. The van der Waals surface area contributed by atoms with E-state index in [1.165, 1.54) is 32.7 Å². The number of esters is 1. The maximum Gasteiger partial charge on any atom is 0.311 e. The topological polar surface area (TPSA) is 106 Å². The van der Waals surface area contributed by atoms with Gasteiger partial charge in [0.25, 0.3) is 5.89 Å². The number of nitrogens with zero attached hydrogens (tertiary/aromatic N) is 3. The summed E-state index contributed by atoms with van der Waals surface area (Å²) in [6.07, 6.45) is 0.0998. The van der Waals surface area contributed by atoms with Gasteiger partial charge in [0, 0.05) is 16.0 Å². The smallest absolute Gasteiger partial charge is 0.311 e. The summed E-state index contributed by atoms with van der Waals surface area (Å²) in [5, 5.41) is 8.92. The van der Waals surface area contributed by atoms with Gasteiger partial charge >= 0.3 is 5.97 Å². The van der Waals surface area contributed by atoms with Crippen LogP contribution in [0.5, 0.6) is 17.2 Å². The summed E-state index contributed by atoms with van der Waals surface area (Å²) in [7, 11) is 4.57. The summed E-state index contributed by atoms with van der Waals surface area (Å²) >= 11 is 1.48. The molecule has 4 rings (SSSR count). The highest BCUT2D eigenvalue weighted by Crippen LogP contribution is 2.40. The fourth-order valence-corrected chi connectivity index (χ4v) is 4.43. The van der Waals surface area contributed by atoms with Crippen molar-refractivity contribution in [3.05, 3.63) is 57.7 Å². The average Bonchev–Trinajstić information content (AvgIpc) is 3.48. The molecule has 0 aliphatic rings. The summed E-state index contributed by atoms with van der Waals surface area (Å²) in [5.41, 5.74) is 3.50. The van der Waals surface area contributed by atoms with Gasteiger partial charge in [0.05, 0.1) is 38.5 Å². The Morgan fingerprint density at radius 3 is 2.26 bits per heavy atom. The zero-order valence-corrected chi connectivity index (χ0v) is 20.9. The molecule has 0 saturated carbocycles. The van der Waals surface area contributed by atoms with Gasteiger partial charge in [-0.2, -0.15) is 0 Å². The number of aryl methyl sites for hydroxylation is 2. The number of carbonyl (C=O) groups excluding carboxylic acids is 1. The lowest BCUT2D eigenvalue weighted by Crippen LogP contribution is -2.08. The predicted octanol–water partition coefficient (Wildman–Crippen LogP) is 4.79. The van der Waals surface area contributed by atoms with E-state index in [1.807, 2.05) is 38.1 Å². The molecular weight excluding hydrogens is 470 g/mol. The van der Waals surface area contributed by atoms with Crippen LogP contribution in [0.15, 0.2) is 40.8 Å². The number of benzene rings is 2. The van der Waals surface area contributed by atoms with Gasteiger partial charge in [-0.15, -0.1) is 21.5 Å². The molecular formula is C25H25N3O6S. The van der Waals surface area contributed by atoms with Crippen LogP contribution >= 0.6 is 11.3 Å². The molecule has 0 N–H and O–H groups in total. The van der Waals surface area contributed by atoms with Gasteiger partial charge < -0.3 is 23.4 Å². The van der Waals surface area contributed by atoms with Crippen LogP contribution in [0.25, 0.3) is 22.7 Å². The minimum absolute atomic E-state index is 0.0998. The highest BCUT2D eigenvalue weighted by molar-refractivity contribution is 7.12. The Morgan fingerprint density at radius 2 is 1.63 bits per heavy atom. The molecule has 0 spiro atoms. The fourth-order valence-electron chi connectivity index (χ4n) is 3.48. The van der Waals surface area contributed by atoms with Crippen LogP contribution in [0.3, 0.4) is 0 Å². The number of carbonyl (C=O) groups is 1. The number of methoxy groups -OCH3 is 3. The third kappa shape index (κ3) is 5.43. The van der Waals surface area contributed by atoms with Crippen molar-refractivity contribution in [2.75, 3.05) is 21.3 Å². The van der Waals surface area contributed by atoms with E-state index >= 15 is 0 Å². The van der Waals surface area contributed by atoms with E-state index < -0.39 is 5.97 Å². The van der Waals surface area contributed by atoms with Crippen molar-refractivity contribution in [1.82, 2.24) is 15.2 Å². The molecule has 0 aliphatic carbocycles. The average molecular weight is 496 g/mol. The second kappa shape index (κ2) is 10.6. The Hall–Kier alpha value is -3.92. The first-order chi connectivity index (χ1) is 16.9. The lowest BCUT2D eigenvalue weighted by molar-refractivity contribution is -0.144. The minimum Gasteiger partial charge on any atom is -0.493 e. The number of thiazole rings is 1. The molecule has 182 valence electrons. The summed E-state index contributed by atoms with van der Waals surface area (Å²) < 4.78 is 27.2. The Bertz CT molecular complexity index is 1300. The Kier molecular flexibility index (Phi) is 7.31. The maximum absolute atomic E-state index is 12.6. The van der Waals surface area contributed by atoms with E-state index in [-0.39, 0.29) is 24.8 Å². The van der Waals surface area contributed by atoms with Crippen LogP contribution in [-0.4, -0.2) is 42.5 Å². The van der Waals surface area contributed by atoms with E-state index in [4.69, 9.17) is 23.4 Å². The molecule has 0 radical (unpaired) electrons. The summed E-state index contributed by atoms with van der Waals surface area (Å²) in [4.78, 5) is 18.0. The number of ether oxygens (including phenoxy) is 4. The third-order valence-corrected chi connectivity index (χ3v) is 6.14. The molecule has 0 amide bonds. The maximum atomic E-state index is 12.6. The Balaban J connectivity index is 1.44. The number of rotatable bonds is 9. The predicted molar refractivity (Wildman–Crippen MR) is 130 cm³/mol. The zero-order valence-electron chi connectivity index (χ0n) is 20.1. The summed E-state index contributed by atoms with van der Waals surface area (Å²) in [6, 6.07) is 11.4. The molecule has 35 heavy (non-hydrogen) atoms. The molecule has 0 aliphatic heterocycles. The van der Waals surface area contributed by atoms with Crippen molar-refractivity contribution in [3.63, 3.8) is 0 Å². The highest BCUT2D eigenvalue weighted by atomic mass is 32.1. The van der Waals surface area contributed by atoms with Gasteiger partial charge in [-0.25, -0.2) is 4.98 Å². The van der Waals surface area contributed by atoms with Crippen molar-refractivity contribution in [2.45, 2.75) is 26.9 Å². The van der Waals surface area contributed by atoms with Crippen molar-refractivity contribution in [2.24, 2.45) is 0 Å². The molecule has 2 aromatic carbocycles. The van der Waals surface area contributed by atoms with Crippen LogP contribution in [-0.2, 0) is 22.6 Å². The Morgan fingerprint density at radius 1 is 0.943 bits per heavy atom. The molecule has 0 fully saturated rings. The normalized spacial score (nSPS) is 10.8. The minimum atomic E-state index is -0.408. The van der Waals surface area contributed by atoms with Crippen molar-refractivity contribution >= 4 is 17.3 Å². The zero-order chi connectivity index (χ0) is 24.9. The van der Waals surface area contributed by atoms with E-state index in [9.17, 15) is 4.79 Å². The van der Waals surface area contributed by atoms with Crippen LogP contribution < -0.4 is 14.2 Å². The number of aromatic nitrogens is 3. The van der Waals surface area contributed by atoms with Crippen LogP contribution in [0.2, 0.25) is 0 Å². The van der Waals surface area contributed by atoms with Gasteiger partial charge in [0.1, 0.15) is 0 Å². The monoisotopic (exact) mass is 495 g/mol. The molecule has 10 heteroatoms. The van der Waals surface area contributed by atoms with E-state index in [0.29, 0.717) is 22.8 Å². The summed E-state index contributed by atoms with van der Waals surface area (Å²) in [5.74, 6) is 1.36. The molecule has 2 aromatic heterocycles. The van der Waals surface area contributed by atoms with Gasteiger partial charge in [-0.1, -0.05) is 29.8 Å². The van der Waals surface area contributed by atoms with Crippen LogP contribution in [0.4, 0.5) is 0 Å². The second-order valence-corrected chi connectivity index (χ2v) is 8.91. The van der Waals surface area contributed by atoms with Crippen molar-refractivity contribution in [3.8, 4) is 40.0 Å². The SMILES string of the molecule is COc1cc(-c2nnc(COC(=O)Cc3sc(C)nc3-c3ccc(C)cc3)o2)cc(OC)c1OC. The molecule has 4 aromatic rings. The quantitative estimate of drug-likeness (QED) is 0.303. The highest BCUT2D eigenvalue weighted by Gasteiger charge is 2.19. The Labute approximate surface area is 206 Å². The molecule has 9 nitrogen and oxygen atoms in total. The standard InChI is InChI=1S/C25H25N3O6S/c1-14-6-8-16(9-7-14)23-20(35-15(2)26-23)12-22(29)33-13-21-27-28-25(34-21)17-10-18(30-3)24(32-5)19(11-17)31-4/h6-11H,12-13H2,1-5H3. The van der Waals surface area contributed by atoms with Gasteiger partial charge in [0.2, 0.25) is 11.6 Å². The van der Waals surface area contributed by atoms with Crippen LogP contribution in [0, 0.1) is 13.8 Å². The molecule has 0 atom stereocenters. The van der Waals surface area contributed by atoms with Crippen molar-refractivity contribution in [1.29, 1.82) is 0 Å². The van der Waals surface area contributed by atoms with E-state index in [0.717, 1.165) is 26.7 Å².